The van der Waals surface area contributed by atoms with Crippen molar-refractivity contribution in [3.8, 4) is 0 Å². The van der Waals surface area contributed by atoms with Crippen LogP contribution in [-0.2, 0) is 11.3 Å². The van der Waals surface area contributed by atoms with Gasteiger partial charge in [0.1, 0.15) is 0 Å². The Morgan fingerprint density at radius 3 is 2.83 bits per heavy atom. The van der Waals surface area contributed by atoms with E-state index in [2.05, 4.69) is 14.9 Å². The number of aromatic nitrogens is 2. The third kappa shape index (κ3) is 1.92. The van der Waals surface area contributed by atoms with E-state index in [0.29, 0.717) is 24.9 Å². The lowest BCUT2D eigenvalue weighted by Crippen LogP contribution is -2.52. The lowest BCUT2D eigenvalue weighted by atomic mass is 10.1. The van der Waals surface area contributed by atoms with Crippen LogP contribution in [0.2, 0.25) is 0 Å². The highest BCUT2D eigenvalue weighted by Gasteiger charge is 2.36. The summed E-state index contributed by atoms with van der Waals surface area (Å²) in [6.07, 6.45) is 5.19. The van der Waals surface area contributed by atoms with E-state index < -0.39 is 0 Å². The van der Waals surface area contributed by atoms with Crippen molar-refractivity contribution in [3.63, 3.8) is 0 Å². The van der Waals surface area contributed by atoms with Crippen LogP contribution in [0.3, 0.4) is 0 Å². The molecule has 2 saturated heterocycles. The molecule has 0 radical (unpaired) electrons. The number of carbonyl (C=O) groups excluding carboxylic acids is 1. The number of nitrogens with two attached hydrogens (primary N) is 1. The second-order valence-corrected chi connectivity index (χ2v) is 4.82. The van der Waals surface area contributed by atoms with E-state index in [0.717, 1.165) is 37.6 Å². The van der Waals surface area contributed by atoms with Gasteiger partial charge in [0.25, 0.3) is 0 Å². The van der Waals surface area contributed by atoms with Gasteiger partial charge >= 0.3 is 0 Å². The summed E-state index contributed by atoms with van der Waals surface area (Å²) in [7, 11) is 0. The first-order valence-electron chi connectivity index (χ1n) is 6.33. The molecule has 1 unspecified atom stereocenters. The molecule has 1 aromatic rings. The van der Waals surface area contributed by atoms with Crippen LogP contribution in [0.15, 0.2) is 12.4 Å². The van der Waals surface area contributed by atoms with E-state index in [1.807, 2.05) is 4.90 Å². The Morgan fingerprint density at radius 2 is 2.11 bits per heavy atom. The second kappa shape index (κ2) is 4.53. The van der Waals surface area contributed by atoms with Crippen LogP contribution in [0, 0.1) is 0 Å². The Kier molecular flexibility index (Phi) is 2.87. The zero-order valence-corrected chi connectivity index (χ0v) is 10.2. The van der Waals surface area contributed by atoms with Crippen molar-refractivity contribution in [1.82, 2.24) is 14.9 Å². The van der Waals surface area contributed by atoms with E-state index in [9.17, 15) is 4.79 Å². The molecule has 0 spiro atoms. The van der Waals surface area contributed by atoms with Gasteiger partial charge in [-0.15, -0.1) is 0 Å². The molecule has 1 aromatic heterocycles. The van der Waals surface area contributed by atoms with Gasteiger partial charge in [-0.1, -0.05) is 0 Å². The summed E-state index contributed by atoms with van der Waals surface area (Å²) in [6, 6.07) is 0.337. The quantitative estimate of drug-likeness (QED) is 0.779. The zero-order valence-electron chi connectivity index (χ0n) is 10.2. The molecular formula is C12H17N5O. The minimum absolute atomic E-state index is 0.291. The van der Waals surface area contributed by atoms with Crippen molar-refractivity contribution in [3.05, 3.63) is 18.0 Å². The lowest BCUT2D eigenvalue weighted by molar-refractivity contribution is -0.129. The number of anilines is 1. The molecule has 3 rings (SSSR count). The summed E-state index contributed by atoms with van der Waals surface area (Å²) in [6.45, 7) is 2.90. The first-order valence-corrected chi connectivity index (χ1v) is 6.33. The molecule has 6 heteroatoms. The van der Waals surface area contributed by atoms with E-state index in [-0.39, 0.29) is 0 Å². The van der Waals surface area contributed by atoms with Gasteiger partial charge < -0.3 is 15.5 Å². The summed E-state index contributed by atoms with van der Waals surface area (Å²) >= 11 is 0. The average Bonchev–Trinajstić information content (AvgIpc) is 2.80. The zero-order chi connectivity index (χ0) is 12.5. The van der Waals surface area contributed by atoms with E-state index in [1.165, 1.54) is 0 Å². The molecule has 2 fully saturated rings. The Morgan fingerprint density at radius 1 is 1.33 bits per heavy atom. The molecule has 2 N–H and O–H groups in total. The topological polar surface area (TPSA) is 75.3 Å². The number of fused-ring (bicyclic) bond motifs is 1. The van der Waals surface area contributed by atoms with Crippen LogP contribution >= 0.6 is 0 Å². The fraction of sp³-hybridized carbons (Fsp3) is 0.583. The van der Waals surface area contributed by atoms with Crippen molar-refractivity contribution < 1.29 is 4.79 Å². The van der Waals surface area contributed by atoms with Crippen molar-refractivity contribution in [2.45, 2.75) is 25.4 Å². The predicted octanol–water partition coefficient (Wildman–Crippen LogP) is -0.254. The minimum atomic E-state index is 0.291. The standard InChI is InChI=1S/C12H17N5O/c13-5-9-6-14-12(15-7-9)16-3-4-17-10(8-16)1-2-11(17)18/h6-7,10H,1-5,8,13H2. The predicted molar refractivity (Wildman–Crippen MR) is 66.9 cm³/mol. The van der Waals surface area contributed by atoms with E-state index in [1.54, 1.807) is 12.4 Å². The maximum absolute atomic E-state index is 11.6. The highest BCUT2D eigenvalue weighted by atomic mass is 16.2. The van der Waals surface area contributed by atoms with Gasteiger partial charge in [-0.05, 0) is 6.42 Å². The fourth-order valence-corrected chi connectivity index (χ4v) is 2.66. The summed E-state index contributed by atoms with van der Waals surface area (Å²) in [5, 5.41) is 0. The van der Waals surface area contributed by atoms with Crippen molar-refractivity contribution >= 4 is 11.9 Å². The summed E-state index contributed by atoms with van der Waals surface area (Å²) in [4.78, 5) is 24.4. The first kappa shape index (κ1) is 11.4. The van der Waals surface area contributed by atoms with Gasteiger partial charge in [0.2, 0.25) is 11.9 Å². The number of nitrogens with zero attached hydrogens (tertiary/aromatic N) is 4. The lowest BCUT2D eigenvalue weighted by Gasteiger charge is -2.37. The molecule has 0 aliphatic carbocycles. The van der Waals surface area contributed by atoms with Crippen LogP contribution < -0.4 is 10.6 Å². The number of amides is 1. The van der Waals surface area contributed by atoms with Gasteiger partial charge in [0, 0.05) is 56.6 Å². The van der Waals surface area contributed by atoms with Crippen LogP contribution in [0.25, 0.3) is 0 Å². The summed E-state index contributed by atoms with van der Waals surface area (Å²) in [5.74, 6) is 1.03. The van der Waals surface area contributed by atoms with Gasteiger partial charge in [-0.3, -0.25) is 4.79 Å². The first-order chi connectivity index (χ1) is 8.78. The van der Waals surface area contributed by atoms with E-state index in [4.69, 9.17) is 5.73 Å². The normalized spacial score (nSPS) is 23.4. The molecule has 18 heavy (non-hydrogen) atoms. The molecule has 0 aromatic carbocycles. The highest BCUT2D eigenvalue weighted by Crippen LogP contribution is 2.24. The van der Waals surface area contributed by atoms with Gasteiger partial charge in [-0.25, -0.2) is 9.97 Å². The Hall–Kier alpha value is -1.69. The summed E-state index contributed by atoms with van der Waals surface area (Å²) in [5.41, 5.74) is 6.46. The molecule has 3 heterocycles. The van der Waals surface area contributed by atoms with Gasteiger partial charge in [0.15, 0.2) is 0 Å². The molecule has 0 bridgehead atoms. The van der Waals surface area contributed by atoms with Crippen molar-refractivity contribution in [2.75, 3.05) is 24.5 Å². The number of rotatable bonds is 2. The van der Waals surface area contributed by atoms with Crippen LogP contribution in [0.5, 0.6) is 0 Å². The molecule has 2 aliphatic rings. The highest BCUT2D eigenvalue weighted by molar-refractivity contribution is 5.79. The minimum Gasteiger partial charge on any atom is -0.337 e. The third-order valence-electron chi connectivity index (χ3n) is 3.70. The van der Waals surface area contributed by atoms with Gasteiger partial charge in [0.05, 0.1) is 0 Å². The molecular weight excluding hydrogens is 230 g/mol. The monoisotopic (exact) mass is 247 g/mol. The molecule has 1 atom stereocenters. The number of hydrogen-bond donors (Lipinski definition) is 1. The van der Waals surface area contributed by atoms with Crippen LogP contribution in [-0.4, -0.2) is 46.5 Å². The SMILES string of the molecule is NCc1cnc(N2CCN3C(=O)CCC3C2)nc1. The maximum atomic E-state index is 11.6. The summed E-state index contributed by atoms with van der Waals surface area (Å²) < 4.78 is 0. The fourth-order valence-electron chi connectivity index (χ4n) is 2.66. The molecule has 0 saturated carbocycles. The van der Waals surface area contributed by atoms with Crippen molar-refractivity contribution in [1.29, 1.82) is 0 Å². The van der Waals surface area contributed by atoms with Crippen LogP contribution in [0.4, 0.5) is 5.95 Å². The molecule has 1 amide bonds. The number of hydrogen-bond acceptors (Lipinski definition) is 5. The van der Waals surface area contributed by atoms with Crippen molar-refractivity contribution in [2.24, 2.45) is 5.73 Å². The second-order valence-electron chi connectivity index (χ2n) is 4.82. The van der Waals surface area contributed by atoms with Crippen LogP contribution in [0.1, 0.15) is 18.4 Å². The Bertz CT molecular complexity index is 446. The van der Waals surface area contributed by atoms with E-state index >= 15 is 0 Å². The number of carbonyl (C=O) groups is 1. The molecule has 6 nitrogen and oxygen atoms in total. The Balaban J connectivity index is 1.72. The smallest absolute Gasteiger partial charge is 0.225 e. The molecule has 2 aliphatic heterocycles. The molecule has 96 valence electrons. The third-order valence-corrected chi connectivity index (χ3v) is 3.70. The van der Waals surface area contributed by atoms with Gasteiger partial charge in [-0.2, -0.15) is 0 Å². The average molecular weight is 247 g/mol. The maximum Gasteiger partial charge on any atom is 0.225 e. The number of piperazine rings is 1. The largest absolute Gasteiger partial charge is 0.337 e. The Labute approximate surface area is 106 Å².